The van der Waals surface area contributed by atoms with Crippen molar-refractivity contribution < 1.29 is 14.3 Å². The quantitative estimate of drug-likeness (QED) is 0.608. The third-order valence-corrected chi connectivity index (χ3v) is 7.12. The molecule has 4 heterocycles. The number of carbonyl (C=O) groups is 1. The fraction of sp³-hybridized carbons (Fsp3) is 0.286. The van der Waals surface area contributed by atoms with Crippen LogP contribution in [0.25, 0.3) is 10.4 Å². The lowest BCUT2D eigenvalue weighted by atomic mass is 10.1. The normalized spacial score (nSPS) is 18.7. The number of amides is 1. The van der Waals surface area contributed by atoms with Crippen LogP contribution in [0.3, 0.4) is 0 Å². The first kappa shape index (κ1) is 16.8. The average Bonchev–Trinajstić information content (AvgIpc) is 3.48. The minimum Gasteiger partial charge on any atom is -0.486 e. The van der Waals surface area contributed by atoms with Gasteiger partial charge in [-0.1, -0.05) is 6.07 Å². The Hall–Kier alpha value is -2.31. The first-order chi connectivity index (χ1) is 13.3. The molecule has 2 aromatic heterocycles. The van der Waals surface area contributed by atoms with E-state index in [1.165, 1.54) is 4.88 Å². The van der Waals surface area contributed by atoms with Crippen LogP contribution in [0.15, 0.2) is 47.8 Å². The van der Waals surface area contributed by atoms with Crippen LogP contribution in [-0.2, 0) is 0 Å². The number of hydrogen-bond donors (Lipinski definition) is 0. The fourth-order valence-electron chi connectivity index (χ4n) is 3.73. The monoisotopic (exact) mass is 397 g/mol. The molecule has 2 aliphatic rings. The van der Waals surface area contributed by atoms with Gasteiger partial charge < -0.3 is 14.4 Å². The molecule has 6 heteroatoms. The predicted octanol–water partition coefficient (Wildman–Crippen LogP) is 5.23. The van der Waals surface area contributed by atoms with E-state index in [9.17, 15) is 4.79 Å². The molecule has 138 valence electrons. The molecule has 0 spiro atoms. The minimum absolute atomic E-state index is 0.139. The molecule has 4 nitrogen and oxygen atoms in total. The number of thiophene rings is 2. The standard InChI is InChI=1S/C21H19NO3S2/c23-21(22-9-1-3-15(22)19-4-2-12-26-19)20-8-7-18(27-20)14-5-6-16-17(13-14)25-11-10-24-16/h2,4-8,12-13,15H,1,3,9-11H2. The van der Waals surface area contributed by atoms with Crippen molar-refractivity contribution in [2.45, 2.75) is 18.9 Å². The van der Waals surface area contributed by atoms with Crippen molar-refractivity contribution >= 4 is 28.6 Å². The Balaban J connectivity index is 1.39. The number of hydrogen-bond acceptors (Lipinski definition) is 5. The molecule has 3 aromatic rings. The molecule has 1 amide bonds. The van der Waals surface area contributed by atoms with Gasteiger partial charge in [0.2, 0.25) is 0 Å². The van der Waals surface area contributed by atoms with Crippen molar-refractivity contribution in [2.24, 2.45) is 0 Å². The highest BCUT2D eigenvalue weighted by Gasteiger charge is 2.31. The lowest BCUT2D eigenvalue weighted by Crippen LogP contribution is -2.29. The summed E-state index contributed by atoms with van der Waals surface area (Å²) in [6.07, 6.45) is 2.11. The van der Waals surface area contributed by atoms with Crippen molar-refractivity contribution in [1.29, 1.82) is 0 Å². The predicted molar refractivity (Wildman–Crippen MR) is 108 cm³/mol. The molecule has 5 rings (SSSR count). The largest absolute Gasteiger partial charge is 0.486 e. The van der Waals surface area contributed by atoms with E-state index in [2.05, 4.69) is 17.5 Å². The summed E-state index contributed by atoms with van der Waals surface area (Å²) < 4.78 is 11.3. The van der Waals surface area contributed by atoms with Gasteiger partial charge in [-0.15, -0.1) is 22.7 Å². The number of nitrogens with zero attached hydrogens (tertiary/aromatic N) is 1. The van der Waals surface area contributed by atoms with Crippen molar-refractivity contribution in [3.8, 4) is 21.9 Å². The van der Waals surface area contributed by atoms with Gasteiger partial charge in [0, 0.05) is 16.3 Å². The van der Waals surface area contributed by atoms with Gasteiger partial charge in [-0.3, -0.25) is 4.79 Å². The van der Waals surface area contributed by atoms with Gasteiger partial charge in [-0.2, -0.15) is 0 Å². The molecule has 1 aromatic carbocycles. The second-order valence-electron chi connectivity index (χ2n) is 6.69. The van der Waals surface area contributed by atoms with Crippen LogP contribution in [0, 0.1) is 0 Å². The van der Waals surface area contributed by atoms with E-state index in [0.717, 1.165) is 46.2 Å². The SMILES string of the molecule is O=C(c1ccc(-c2ccc3c(c2)OCCO3)s1)N1CCCC1c1cccs1. The number of rotatable bonds is 3. The highest BCUT2D eigenvalue weighted by molar-refractivity contribution is 7.17. The van der Waals surface area contributed by atoms with Gasteiger partial charge >= 0.3 is 0 Å². The lowest BCUT2D eigenvalue weighted by molar-refractivity contribution is 0.0743. The molecule has 1 atom stereocenters. The molecule has 0 aliphatic carbocycles. The minimum atomic E-state index is 0.139. The number of benzene rings is 1. The highest BCUT2D eigenvalue weighted by atomic mass is 32.1. The van der Waals surface area contributed by atoms with Gasteiger partial charge in [0.1, 0.15) is 13.2 Å². The molecular formula is C21H19NO3S2. The first-order valence-corrected chi connectivity index (χ1v) is 10.8. The first-order valence-electron chi connectivity index (χ1n) is 9.14. The summed E-state index contributed by atoms with van der Waals surface area (Å²) in [5.74, 6) is 1.70. The van der Waals surface area contributed by atoms with E-state index in [0.29, 0.717) is 13.2 Å². The van der Waals surface area contributed by atoms with E-state index >= 15 is 0 Å². The van der Waals surface area contributed by atoms with Gasteiger partial charge in [0.15, 0.2) is 11.5 Å². The van der Waals surface area contributed by atoms with Crippen LogP contribution in [0.4, 0.5) is 0 Å². The third kappa shape index (κ3) is 3.13. The molecule has 0 saturated carbocycles. The Labute approximate surface area is 166 Å². The zero-order chi connectivity index (χ0) is 18.2. The van der Waals surface area contributed by atoms with E-state index in [1.807, 2.05) is 35.2 Å². The summed E-state index contributed by atoms with van der Waals surface area (Å²) in [4.78, 5) is 18.3. The maximum atomic E-state index is 13.1. The highest BCUT2D eigenvalue weighted by Crippen LogP contribution is 2.39. The van der Waals surface area contributed by atoms with Crippen LogP contribution >= 0.6 is 22.7 Å². The number of likely N-dealkylation sites (tertiary alicyclic amines) is 1. The third-order valence-electron chi connectivity index (χ3n) is 5.03. The van der Waals surface area contributed by atoms with E-state index < -0.39 is 0 Å². The van der Waals surface area contributed by atoms with E-state index in [-0.39, 0.29) is 11.9 Å². The Bertz CT molecular complexity index is 964. The molecular weight excluding hydrogens is 378 g/mol. The molecule has 1 fully saturated rings. The maximum absolute atomic E-state index is 13.1. The second-order valence-corrected chi connectivity index (χ2v) is 8.76. The molecule has 0 radical (unpaired) electrons. The zero-order valence-corrected chi connectivity index (χ0v) is 16.4. The van der Waals surface area contributed by atoms with Crippen LogP contribution in [0.5, 0.6) is 11.5 Å². The number of fused-ring (bicyclic) bond motifs is 1. The maximum Gasteiger partial charge on any atom is 0.264 e. The Morgan fingerprint density at radius 1 is 1.07 bits per heavy atom. The molecule has 0 N–H and O–H groups in total. The van der Waals surface area contributed by atoms with E-state index in [4.69, 9.17) is 9.47 Å². The average molecular weight is 398 g/mol. The lowest BCUT2D eigenvalue weighted by Gasteiger charge is -2.23. The van der Waals surface area contributed by atoms with Gasteiger partial charge in [0.25, 0.3) is 5.91 Å². The van der Waals surface area contributed by atoms with Crippen LogP contribution in [-0.4, -0.2) is 30.6 Å². The summed E-state index contributed by atoms with van der Waals surface area (Å²) in [5.41, 5.74) is 1.06. The Kier molecular flexibility index (Phi) is 4.38. The van der Waals surface area contributed by atoms with Crippen molar-refractivity contribution in [1.82, 2.24) is 4.90 Å². The smallest absolute Gasteiger partial charge is 0.264 e. The molecule has 1 saturated heterocycles. The van der Waals surface area contributed by atoms with Crippen LogP contribution < -0.4 is 9.47 Å². The van der Waals surface area contributed by atoms with Crippen molar-refractivity contribution in [2.75, 3.05) is 19.8 Å². The molecule has 27 heavy (non-hydrogen) atoms. The Morgan fingerprint density at radius 2 is 1.96 bits per heavy atom. The summed E-state index contributed by atoms with van der Waals surface area (Å²) in [7, 11) is 0. The second kappa shape index (κ2) is 7.02. The summed E-state index contributed by atoms with van der Waals surface area (Å²) in [5, 5.41) is 2.08. The van der Waals surface area contributed by atoms with Crippen molar-refractivity contribution in [3.05, 3.63) is 57.6 Å². The zero-order valence-electron chi connectivity index (χ0n) is 14.7. The van der Waals surface area contributed by atoms with E-state index in [1.54, 1.807) is 22.7 Å². The number of carbonyl (C=O) groups excluding carboxylic acids is 1. The number of ether oxygens (including phenoxy) is 2. The van der Waals surface area contributed by atoms with Gasteiger partial charge in [-0.25, -0.2) is 0 Å². The Morgan fingerprint density at radius 3 is 2.81 bits per heavy atom. The summed E-state index contributed by atoms with van der Waals surface area (Å²) >= 11 is 3.28. The summed E-state index contributed by atoms with van der Waals surface area (Å²) in [6, 6.07) is 14.4. The topological polar surface area (TPSA) is 38.8 Å². The molecule has 1 unspecified atom stereocenters. The fourth-order valence-corrected chi connectivity index (χ4v) is 5.56. The molecule has 0 bridgehead atoms. The summed E-state index contributed by atoms with van der Waals surface area (Å²) in [6.45, 7) is 1.99. The molecule has 2 aliphatic heterocycles. The van der Waals surface area contributed by atoms with Gasteiger partial charge in [-0.05, 0) is 60.2 Å². The van der Waals surface area contributed by atoms with Crippen LogP contribution in [0.1, 0.15) is 33.4 Å². The van der Waals surface area contributed by atoms with Gasteiger partial charge in [0.05, 0.1) is 10.9 Å². The van der Waals surface area contributed by atoms with Crippen LogP contribution in [0.2, 0.25) is 0 Å². The van der Waals surface area contributed by atoms with Crippen molar-refractivity contribution in [3.63, 3.8) is 0 Å².